The quantitative estimate of drug-likeness (QED) is 0.802. The maximum absolute atomic E-state index is 9.89. The average molecular weight is 206 g/mol. The topological polar surface area (TPSA) is 29.5 Å². The molecule has 15 heavy (non-hydrogen) atoms. The number of aliphatic hydroxyl groups excluding tert-OH is 1. The van der Waals surface area contributed by atoms with E-state index in [2.05, 4.69) is 24.3 Å². The SMILES string of the molecule is O[C@@H]1COCCC[C@@H]1Cc1ccccc1. The lowest BCUT2D eigenvalue weighted by Crippen LogP contribution is -2.25. The molecule has 1 heterocycles. The van der Waals surface area contributed by atoms with Gasteiger partial charge >= 0.3 is 0 Å². The van der Waals surface area contributed by atoms with Gasteiger partial charge in [0.15, 0.2) is 0 Å². The average Bonchev–Trinajstić information content (AvgIpc) is 2.46. The van der Waals surface area contributed by atoms with Crippen molar-refractivity contribution >= 4 is 0 Å². The van der Waals surface area contributed by atoms with Crippen LogP contribution in [0.4, 0.5) is 0 Å². The molecule has 2 nitrogen and oxygen atoms in total. The van der Waals surface area contributed by atoms with Crippen molar-refractivity contribution in [3.63, 3.8) is 0 Å². The van der Waals surface area contributed by atoms with Gasteiger partial charge in [0.1, 0.15) is 0 Å². The van der Waals surface area contributed by atoms with Crippen LogP contribution in [0.3, 0.4) is 0 Å². The Hall–Kier alpha value is -0.860. The highest BCUT2D eigenvalue weighted by molar-refractivity contribution is 5.15. The minimum absolute atomic E-state index is 0.298. The zero-order chi connectivity index (χ0) is 10.5. The molecule has 0 saturated carbocycles. The van der Waals surface area contributed by atoms with Crippen molar-refractivity contribution in [1.82, 2.24) is 0 Å². The molecule has 2 atom stereocenters. The Labute approximate surface area is 90.9 Å². The van der Waals surface area contributed by atoms with E-state index >= 15 is 0 Å². The van der Waals surface area contributed by atoms with Gasteiger partial charge < -0.3 is 9.84 Å². The molecule has 0 radical (unpaired) electrons. The molecule has 2 heteroatoms. The van der Waals surface area contributed by atoms with Crippen molar-refractivity contribution in [2.24, 2.45) is 5.92 Å². The molecule has 1 aromatic rings. The molecule has 1 aliphatic rings. The summed E-state index contributed by atoms with van der Waals surface area (Å²) in [6.07, 6.45) is 2.79. The predicted octanol–water partition coefficient (Wildman–Crippen LogP) is 2.02. The van der Waals surface area contributed by atoms with Crippen molar-refractivity contribution in [2.45, 2.75) is 25.4 Å². The number of benzene rings is 1. The monoisotopic (exact) mass is 206 g/mol. The van der Waals surface area contributed by atoms with Gasteiger partial charge in [0.2, 0.25) is 0 Å². The van der Waals surface area contributed by atoms with Crippen LogP contribution < -0.4 is 0 Å². The van der Waals surface area contributed by atoms with Crippen LogP contribution in [0.1, 0.15) is 18.4 Å². The largest absolute Gasteiger partial charge is 0.390 e. The van der Waals surface area contributed by atoms with Crippen molar-refractivity contribution in [1.29, 1.82) is 0 Å². The Kier molecular flexibility index (Phi) is 3.75. The molecule has 82 valence electrons. The first-order chi connectivity index (χ1) is 7.36. The van der Waals surface area contributed by atoms with Gasteiger partial charge in [-0.05, 0) is 30.7 Å². The van der Waals surface area contributed by atoms with Gasteiger partial charge in [-0.2, -0.15) is 0 Å². The van der Waals surface area contributed by atoms with Crippen LogP contribution in [0, 0.1) is 5.92 Å². The van der Waals surface area contributed by atoms with Crippen LogP contribution in [-0.2, 0) is 11.2 Å². The summed E-state index contributed by atoms with van der Waals surface area (Å²) in [5, 5.41) is 9.89. The van der Waals surface area contributed by atoms with E-state index < -0.39 is 0 Å². The van der Waals surface area contributed by atoms with E-state index in [-0.39, 0.29) is 6.10 Å². The van der Waals surface area contributed by atoms with E-state index in [1.165, 1.54) is 5.56 Å². The molecule has 1 aromatic carbocycles. The molecule has 0 unspecified atom stereocenters. The van der Waals surface area contributed by atoms with E-state index in [4.69, 9.17) is 4.74 Å². The van der Waals surface area contributed by atoms with Gasteiger partial charge in [-0.3, -0.25) is 0 Å². The molecule has 0 aromatic heterocycles. The summed E-state index contributed by atoms with van der Waals surface area (Å²) in [5.74, 6) is 0.356. The van der Waals surface area contributed by atoms with Crippen molar-refractivity contribution in [3.05, 3.63) is 35.9 Å². The second-order valence-electron chi connectivity index (χ2n) is 4.23. The summed E-state index contributed by atoms with van der Waals surface area (Å²) in [4.78, 5) is 0. The molecule has 0 bridgehead atoms. The molecule has 1 aliphatic heterocycles. The number of rotatable bonds is 2. The predicted molar refractivity (Wildman–Crippen MR) is 59.7 cm³/mol. The number of hydrogen-bond acceptors (Lipinski definition) is 2. The molecule has 0 amide bonds. The molecular weight excluding hydrogens is 188 g/mol. The molecule has 1 saturated heterocycles. The van der Waals surface area contributed by atoms with Crippen LogP contribution in [0.2, 0.25) is 0 Å². The van der Waals surface area contributed by atoms with Crippen molar-refractivity contribution < 1.29 is 9.84 Å². The molecule has 2 rings (SSSR count). The van der Waals surface area contributed by atoms with Crippen LogP contribution in [-0.4, -0.2) is 24.4 Å². The molecule has 0 spiro atoms. The zero-order valence-electron chi connectivity index (χ0n) is 8.93. The maximum atomic E-state index is 9.89. The van der Waals surface area contributed by atoms with Gasteiger partial charge in [0.25, 0.3) is 0 Å². The van der Waals surface area contributed by atoms with Crippen LogP contribution in [0.15, 0.2) is 30.3 Å². The molecule has 1 fully saturated rings. The maximum Gasteiger partial charge on any atom is 0.0804 e. The first kappa shape index (κ1) is 10.7. The van der Waals surface area contributed by atoms with Gasteiger partial charge in [0, 0.05) is 6.61 Å². The zero-order valence-corrected chi connectivity index (χ0v) is 8.93. The lowest BCUT2D eigenvalue weighted by atomic mass is 9.91. The third-order valence-electron chi connectivity index (χ3n) is 3.04. The third-order valence-corrected chi connectivity index (χ3v) is 3.04. The highest BCUT2D eigenvalue weighted by Crippen LogP contribution is 2.21. The van der Waals surface area contributed by atoms with E-state index in [0.29, 0.717) is 12.5 Å². The lowest BCUT2D eigenvalue weighted by Gasteiger charge is -2.19. The fourth-order valence-corrected chi connectivity index (χ4v) is 2.14. The van der Waals surface area contributed by atoms with Gasteiger partial charge in [0.05, 0.1) is 12.7 Å². The normalized spacial score (nSPS) is 27.3. The van der Waals surface area contributed by atoms with Crippen LogP contribution in [0.25, 0.3) is 0 Å². The second-order valence-corrected chi connectivity index (χ2v) is 4.23. The van der Waals surface area contributed by atoms with E-state index in [1.807, 2.05) is 6.07 Å². The molecule has 1 N–H and O–H groups in total. The van der Waals surface area contributed by atoms with Crippen LogP contribution >= 0.6 is 0 Å². The second kappa shape index (κ2) is 5.29. The Morgan fingerprint density at radius 1 is 1.27 bits per heavy atom. The summed E-state index contributed by atoms with van der Waals surface area (Å²) in [6.45, 7) is 1.29. The fraction of sp³-hybridized carbons (Fsp3) is 0.538. The van der Waals surface area contributed by atoms with E-state index in [9.17, 15) is 5.11 Å². The van der Waals surface area contributed by atoms with Crippen LogP contribution in [0.5, 0.6) is 0 Å². The minimum atomic E-state index is -0.298. The Bertz CT molecular complexity index is 284. The Morgan fingerprint density at radius 3 is 2.87 bits per heavy atom. The summed E-state index contributed by atoms with van der Waals surface area (Å²) < 4.78 is 5.32. The van der Waals surface area contributed by atoms with Gasteiger partial charge in [-0.15, -0.1) is 0 Å². The highest BCUT2D eigenvalue weighted by atomic mass is 16.5. The van der Waals surface area contributed by atoms with Crippen molar-refractivity contribution in [3.8, 4) is 0 Å². The Morgan fingerprint density at radius 2 is 2.07 bits per heavy atom. The smallest absolute Gasteiger partial charge is 0.0804 e. The van der Waals surface area contributed by atoms with E-state index in [1.54, 1.807) is 0 Å². The number of hydrogen-bond donors (Lipinski definition) is 1. The molecular formula is C13H18O2. The van der Waals surface area contributed by atoms with Crippen molar-refractivity contribution in [2.75, 3.05) is 13.2 Å². The number of ether oxygens (including phenoxy) is 1. The standard InChI is InChI=1S/C13H18O2/c14-13-10-15-8-4-7-12(13)9-11-5-2-1-3-6-11/h1-3,5-6,12-14H,4,7-10H2/t12-,13-/m1/s1. The van der Waals surface area contributed by atoms with Gasteiger partial charge in [-0.1, -0.05) is 30.3 Å². The van der Waals surface area contributed by atoms with E-state index in [0.717, 1.165) is 25.9 Å². The minimum Gasteiger partial charge on any atom is -0.390 e. The number of aliphatic hydroxyl groups is 1. The Balaban J connectivity index is 1.97. The first-order valence-electron chi connectivity index (χ1n) is 5.66. The fourth-order valence-electron chi connectivity index (χ4n) is 2.14. The third kappa shape index (κ3) is 3.05. The summed E-state index contributed by atoms with van der Waals surface area (Å²) in [5.41, 5.74) is 1.31. The highest BCUT2D eigenvalue weighted by Gasteiger charge is 2.21. The van der Waals surface area contributed by atoms with Gasteiger partial charge in [-0.25, -0.2) is 0 Å². The lowest BCUT2D eigenvalue weighted by molar-refractivity contribution is 0.0270. The summed E-state index contributed by atoms with van der Waals surface area (Å²) in [6, 6.07) is 10.4. The summed E-state index contributed by atoms with van der Waals surface area (Å²) in [7, 11) is 0. The molecule has 0 aliphatic carbocycles. The first-order valence-corrected chi connectivity index (χ1v) is 5.66. The summed E-state index contributed by atoms with van der Waals surface area (Å²) >= 11 is 0.